The van der Waals surface area contributed by atoms with Gasteiger partial charge in [-0.15, -0.1) is 0 Å². The van der Waals surface area contributed by atoms with Gasteiger partial charge in [-0.1, -0.05) is 13.8 Å². The number of hydrogen-bond donors (Lipinski definition) is 1. The lowest BCUT2D eigenvalue weighted by Crippen LogP contribution is -2.46. The van der Waals surface area contributed by atoms with Gasteiger partial charge < -0.3 is 15.1 Å². The highest BCUT2D eigenvalue weighted by atomic mass is 15.3. The molecule has 0 atom stereocenters. The number of anilines is 1. The third-order valence-corrected chi connectivity index (χ3v) is 4.60. The molecule has 1 saturated carbocycles. The van der Waals surface area contributed by atoms with E-state index in [1.807, 2.05) is 0 Å². The summed E-state index contributed by atoms with van der Waals surface area (Å²) in [7, 11) is 0. The highest BCUT2D eigenvalue weighted by Gasteiger charge is 2.21. The summed E-state index contributed by atoms with van der Waals surface area (Å²) in [5, 5.41) is 3.62. The van der Waals surface area contributed by atoms with Crippen LogP contribution >= 0.6 is 0 Å². The maximum atomic E-state index is 4.85. The Balaban J connectivity index is 1.69. The van der Waals surface area contributed by atoms with E-state index in [1.165, 1.54) is 29.9 Å². The molecule has 2 fully saturated rings. The number of nitrogens with one attached hydrogen (secondary N) is 1. The lowest BCUT2D eigenvalue weighted by Gasteiger charge is -2.35. The molecule has 1 aromatic rings. The maximum absolute atomic E-state index is 4.85. The van der Waals surface area contributed by atoms with Crippen LogP contribution in [-0.2, 0) is 13.0 Å². The first kappa shape index (κ1) is 14.8. The predicted molar refractivity (Wildman–Crippen MR) is 87.8 cm³/mol. The molecule has 0 aromatic carbocycles. The van der Waals surface area contributed by atoms with Crippen molar-refractivity contribution in [2.75, 3.05) is 37.6 Å². The first-order valence-electron chi connectivity index (χ1n) is 8.49. The van der Waals surface area contributed by atoms with Crippen LogP contribution in [0.3, 0.4) is 0 Å². The van der Waals surface area contributed by atoms with Crippen LogP contribution in [0.25, 0.3) is 0 Å². The molecule has 0 unspecified atom stereocenters. The summed E-state index contributed by atoms with van der Waals surface area (Å²) in [6.07, 6.45) is 3.70. The van der Waals surface area contributed by atoms with Gasteiger partial charge in [0.25, 0.3) is 0 Å². The van der Waals surface area contributed by atoms with Crippen LogP contribution in [0.4, 0.5) is 5.82 Å². The number of piperazine rings is 1. The Morgan fingerprint density at radius 2 is 1.90 bits per heavy atom. The quantitative estimate of drug-likeness (QED) is 0.868. The Labute approximate surface area is 128 Å². The van der Waals surface area contributed by atoms with Crippen LogP contribution < -0.4 is 10.2 Å². The zero-order valence-electron chi connectivity index (χ0n) is 13.4. The second-order valence-electron chi connectivity index (χ2n) is 6.25. The van der Waals surface area contributed by atoms with Crippen molar-refractivity contribution in [1.82, 2.24) is 15.2 Å². The van der Waals surface area contributed by atoms with Gasteiger partial charge in [0.2, 0.25) is 0 Å². The van der Waals surface area contributed by atoms with E-state index in [0.717, 1.165) is 51.7 Å². The smallest absolute Gasteiger partial charge is 0.129 e. The van der Waals surface area contributed by atoms with Crippen molar-refractivity contribution in [3.63, 3.8) is 0 Å². The monoisotopic (exact) mass is 288 g/mol. The normalized spacial score (nSPS) is 20.0. The highest BCUT2D eigenvalue weighted by Crippen LogP contribution is 2.21. The minimum atomic E-state index is 0.764. The van der Waals surface area contributed by atoms with Gasteiger partial charge in [0.1, 0.15) is 5.82 Å². The van der Waals surface area contributed by atoms with Crippen molar-refractivity contribution in [3.8, 4) is 0 Å². The molecule has 0 amide bonds. The third-order valence-electron chi connectivity index (χ3n) is 4.60. The van der Waals surface area contributed by atoms with E-state index in [0.29, 0.717) is 0 Å². The first-order chi connectivity index (χ1) is 10.3. The lowest BCUT2D eigenvalue weighted by molar-refractivity contribution is 0.270. The number of nitrogens with zero attached hydrogens (tertiary/aromatic N) is 3. The molecule has 2 heterocycles. The average molecular weight is 288 g/mol. The fraction of sp³-hybridized carbons (Fsp3) is 0.706. The number of likely N-dealkylation sites (N-methyl/N-ethyl adjacent to an activating group) is 1. The third kappa shape index (κ3) is 3.95. The Morgan fingerprint density at radius 1 is 1.14 bits per heavy atom. The molecule has 116 valence electrons. The zero-order valence-corrected chi connectivity index (χ0v) is 13.4. The summed E-state index contributed by atoms with van der Waals surface area (Å²) in [5.41, 5.74) is 2.61. The highest BCUT2D eigenvalue weighted by molar-refractivity contribution is 5.43. The average Bonchev–Trinajstić information content (AvgIpc) is 3.37. The molecule has 2 aliphatic rings. The summed E-state index contributed by atoms with van der Waals surface area (Å²) in [6, 6.07) is 5.32. The molecule has 1 N–H and O–H groups in total. The standard InChI is InChI=1S/C17H28N4/c1-3-15-11-14(13-18-16-5-6-16)12-17(19-15)21-9-7-20(4-2)8-10-21/h11-12,16,18H,3-10,13H2,1-2H3. The molecule has 4 nitrogen and oxygen atoms in total. The van der Waals surface area contributed by atoms with Crippen LogP contribution in [0.1, 0.15) is 37.9 Å². The van der Waals surface area contributed by atoms with Gasteiger partial charge in [0, 0.05) is 44.5 Å². The molecule has 21 heavy (non-hydrogen) atoms. The van der Waals surface area contributed by atoms with E-state index in [1.54, 1.807) is 0 Å². The molecule has 0 bridgehead atoms. The fourth-order valence-corrected chi connectivity index (χ4v) is 2.92. The minimum absolute atomic E-state index is 0.764. The van der Waals surface area contributed by atoms with E-state index in [-0.39, 0.29) is 0 Å². The fourth-order valence-electron chi connectivity index (χ4n) is 2.92. The van der Waals surface area contributed by atoms with E-state index in [9.17, 15) is 0 Å². The molecule has 3 rings (SSSR count). The predicted octanol–water partition coefficient (Wildman–Crippen LogP) is 2.04. The lowest BCUT2D eigenvalue weighted by atomic mass is 10.1. The van der Waals surface area contributed by atoms with E-state index >= 15 is 0 Å². The van der Waals surface area contributed by atoms with Gasteiger partial charge in [-0.3, -0.25) is 0 Å². The van der Waals surface area contributed by atoms with E-state index < -0.39 is 0 Å². The van der Waals surface area contributed by atoms with Gasteiger partial charge in [-0.25, -0.2) is 4.98 Å². The number of aryl methyl sites for hydroxylation is 1. The minimum Gasteiger partial charge on any atom is -0.354 e. The van der Waals surface area contributed by atoms with Crippen molar-refractivity contribution in [3.05, 3.63) is 23.4 Å². The molecule has 1 aromatic heterocycles. The van der Waals surface area contributed by atoms with Crippen molar-refractivity contribution in [1.29, 1.82) is 0 Å². The molecule has 1 saturated heterocycles. The Hall–Kier alpha value is -1.13. The van der Waals surface area contributed by atoms with Gasteiger partial charge in [0.15, 0.2) is 0 Å². The molecule has 4 heteroatoms. The SMILES string of the molecule is CCc1cc(CNC2CC2)cc(N2CCN(CC)CC2)n1. The molecule has 1 aliphatic carbocycles. The Kier molecular flexibility index (Phi) is 4.76. The second-order valence-corrected chi connectivity index (χ2v) is 6.25. The molecule has 0 spiro atoms. The van der Waals surface area contributed by atoms with Crippen molar-refractivity contribution < 1.29 is 0 Å². The van der Waals surface area contributed by atoms with Crippen LogP contribution in [0, 0.1) is 0 Å². The van der Waals surface area contributed by atoms with Gasteiger partial charge >= 0.3 is 0 Å². The Bertz CT molecular complexity index is 462. The molecular weight excluding hydrogens is 260 g/mol. The largest absolute Gasteiger partial charge is 0.354 e. The van der Waals surface area contributed by atoms with E-state index in [4.69, 9.17) is 4.98 Å². The number of rotatable bonds is 6. The van der Waals surface area contributed by atoms with Crippen molar-refractivity contribution >= 4 is 5.82 Å². The Morgan fingerprint density at radius 3 is 2.52 bits per heavy atom. The van der Waals surface area contributed by atoms with Crippen LogP contribution in [-0.4, -0.2) is 48.6 Å². The molecular formula is C17H28N4. The van der Waals surface area contributed by atoms with Crippen LogP contribution in [0.15, 0.2) is 12.1 Å². The van der Waals surface area contributed by atoms with Crippen molar-refractivity contribution in [2.45, 2.75) is 45.7 Å². The second kappa shape index (κ2) is 6.75. The van der Waals surface area contributed by atoms with Crippen molar-refractivity contribution in [2.24, 2.45) is 0 Å². The summed E-state index contributed by atoms with van der Waals surface area (Å²) in [5.74, 6) is 1.18. The summed E-state index contributed by atoms with van der Waals surface area (Å²) in [4.78, 5) is 9.81. The van der Waals surface area contributed by atoms with Gasteiger partial charge in [0.05, 0.1) is 0 Å². The summed E-state index contributed by atoms with van der Waals surface area (Å²) in [6.45, 7) is 11.1. The summed E-state index contributed by atoms with van der Waals surface area (Å²) >= 11 is 0. The molecule has 0 radical (unpaired) electrons. The van der Waals surface area contributed by atoms with Gasteiger partial charge in [-0.2, -0.15) is 0 Å². The van der Waals surface area contributed by atoms with Gasteiger partial charge in [-0.05, 0) is 43.5 Å². The van der Waals surface area contributed by atoms with Crippen LogP contribution in [0.5, 0.6) is 0 Å². The molecule has 1 aliphatic heterocycles. The number of hydrogen-bond acceptors (Lipinski definition) is 4. The van der Waals surface area contributed by atoms with Crippen LogP contribution in [0.2, 0.25) is 0 Å². The topological polar surface area (TPSA) is 31.4 Å². The van der Waals surface area contributed by atoms with E-state index in [2.05, 4.69) is 41.1 Å². The first-order valence-corrected chi connectivity index (χ1v) is 8.49. The maximum Gasteiger partial charge on any atom is 0.129 e. The zero-order chi connectivity index (χ0) is 14.7. The number of aromatic nitrogens is 1. The number of pyridine rings is 1. The summed E-state index contributed by atoms with van der Waals surface area (Å²) < 4.78 is 0.